The van der Waals surface area contributed by atoms with E-state index in [4.69, 9.17) is 0 Å². The summed E-state index contributed by atoms with van der Waals surface area (Å²) in [7, 11) is 0. The van der Waals surface area contributed by atoms with Crippen LogP contribution < -0.4 is 0 Å². The van der Waals surface area contributed by atoms with Gasteiger partial charge >= 0.3 is 0 Å². The molecule has 0 saturated heterocycles. The van der Waals surface area contributed by atoms with Crippen LogP contribution in [0, 0.1) is 16.7 Å². The molecule has 1 saturated carbocycles. The molecule has 3 rings (SSSR count). The summed E-state index contributed by atoms with van der Waals surface area (Å²) in [6.07, 6.45) is 4.07. The van der Waals surface area contributed by atoms with Crippen molar-refractivity contribution < 1.29 is 0 Å². The van der Waals surface area contributed by atoms with Gasteiger partial charge in [0.25, 0.3) is 0 Å². The van der Waals surface area contributed by atoms with Crippen LogP contribution in [0.4, 0.5) is 0 Å². The van der Waals surface area contributed by atoms with E-state index in [1.807, 2.05) is 18.2 Å². The van der Waals surface area contributed by atoms with Crippen LogP contribution in [0.1, 0.15) is 24.3 Å². The van der Waals surface area contributed by atoms with Crippen LogP contribution >= 0.6 is 11.3 Å². The summed E-state index contributed by atoms with van der Waals surface area (Å²) >= 11 is 1.67. The van der Waals surface area contributed by atoms with Crippen molar-refractivity contribution in [1.29, 1.82) is 5.26 Å². The summed E-state index contributed by atoms with van der Waals surface area (Å²) in [6.45, 7) is 0. The average molecular weight is 254 g/mol. The topological polar surface area (TPSA) is 36.7 Å². The minimum Gasteiger partial charge on any atom is -0.241 e. The predicted octanol–water partition coefficient (Wildman–Crippen LogP) is 4.05. The Bertz CT molecular complexity index is 576. The standard InChI is InChI=1S/C15H14N2S/c16-11-15(7-4-8-15)9-14-17-13(10-18-14)12-5-2-1-3-6-12/h1-3,5-6,10H,4,7-9H2. The number of aromatic nitrogens is 1. The Morgan fingerprint density at radius 1 is 1.28 bits per heavy atom. The first kappa shape index (κ1) is 11.4. The maximum Gasteiger partial charge on any atom is 0.0948 e. The molecular weight excluding hydrogens is 240 g/mol. The monoisotopic (exact) mass is 254 g/mol. The summed E-state index contributed by atoms with van der Waals surface area (Å²) in [5.74, 6) is 0. The lowest BCUT2D eigenvalue weighted by Crippen LogP contribution is -2.29. The molecule has 0 atom stereocenters. The molecule has 0 bridgehead atoms. The molecule has 1 aliphatic rings. The highest BCUT2D eigenvalue weighted by Crippen LogP contribution is 2.43. The Morgan fingerprint density at radius 2 is 2.06 bits per heavy atom. The predicted molar refractivity (Wildman–Crippen MR) is 73.2 cm³/mol. The Kier molecular flexibility index (Phi) is 2.89. The van der Waals surface area contributed by atoms with Gasteiger partial charge in [0.1, 0.15) is 0 Å². The minimum atomic E-state index is -0.119. The summed E-state index contributed by atoms with van der Waals surface area (Å²) in [5, 5.41) is 12.4. The Hall–Kier alpha value is -1.66. The second-order valence-electron chi connectivity index (χ2n) is 4.91. The fourth-order valence-corrected chi connectivity index (χ4v) is 3.30. The summed E-state index contributed by atoms with van der Waals surface area (Å²) in [5.41, 5.74) is 2.06. The van der Waals surface area contributed by atoms with Crippen molar-refractivity contribution in [3.8, 4) is 17.3 Å². The van der Waals surface area contributed by atoms with Crippen LogP contribution in [0.25, 0.3) is 11.3 Å². The molecule has 0 N–H and O–H groups in total. The van der Waals surface area contributed by atoms with E-state index >= 15 is 0 Å². The van der Waals surface area contributed by atoms with E-state index < -0.39 is 0 Å². The highest BCUT2D eigenvalue weighted by atomic mass is 32.1. The van der Waals surface area contributed by atoms with E-state index in [1.54, 1.807) is 11.3 Å². The van der Waals surface area contributed by atoms with Crippen LogP contribution in [-0.2, 0) is 6.42 Å². The molecule has 18 heavy (non-hydrogen) atoms. The first-order chi connectivity index (χ1) is 8.81. The highest BCUT2D eigenvalue weighted by Gasteiger charge is 2.38. The van der Waals surface area contributed by atoms with Crippen LogP contribution in [0.3, 0.4) is 0 Å². The molecule has 1 fully saturated rings. The lowest BCUT2D eigenvalue weighted by molar-refractivity contribution is 0.214. The molecule has 0 unspecified atom stereocenters. The second kappa shape index (κ2) is 4.55. The molecule has 2 nitrogen and oxygen atoms in total. The van der Waals surface area contributed by atoms with Gasteiger partial charge in [0.15, 0.2) is 0 Å². The third kappa shape index (κ3) is 2.04. The van der Waals surface area contributed by atoms with E-state index in [0.29, 0.717) is 0 Å². The minimum absolute atomic E-state index is 0.119. The molecule has 0 amide bonds. The fourth-order valence-electron chi connectivity index (χ4n) is 2.35. The number of nitriles is 1. The zero-order valence-corrected chi connectivity index (χ0v) is 10.9. The summed E-state index contributed by atoms with van der Waals surface area (Å²) < 4.78 is 0. The maximum absolute atomic E-state index is 9.25. The van der Waals surface area contributed by atoms with Crippen molar-refractivity contribution >= 4 is 11.3 Å². The maximum atomic E-state index is 9.25. The van der Waals surface area contributed by atoms with Crippen molar-refractivity contribution in [2.75, 3.05) is 0 Å². The Labute approximate surface area is 111 Å². The van der Waals surface area contributed by atoms with Crippen molar-refractivity contribution in [3.63, 3.8) is 0 Å². The molecule has 0 aliphatic heterocycles. The van der Waals surface area contributed by atoms with Crippen molar-refractivity contribution in [3.05, 3.63) is 40.7 Å². The van der Waals surface area contributed by atoms with Gasteiger partial charge in [-0.25, -0.2) is 4.98 Å². The molecule has 2 aromatic rings. The highest BCUT2D eigenvalue weighted by molar-refractivity contribution is 7.09. The fraction of sp³-hybridized carbons (Fsp3) is 0.333. The van der Waals surface area contributed by atoms with Crippen LogP contribution in [0.15, 0.2) is 35.7 Å². The van der Waals surface area contributed by atoms with Crippen LogP contribution in [-0.4, -0.2) is 4.98 Å². The molecule has 0 radical (unpaired) electrons. The molecule has 1 aromatic heterocycles. The van der Waals surface area contributed by atoms with Gasteiger partial charge in [-0.3, -0.25) is 0 Å². The lowest BCUT2D eigenvalue weighted by Gasteiger charge is -2.34. The quantitative estimate of drug-likeness (QED) is 0.828. The van der Waals surface area contributed by atoms with Crippen molar-refractivity contribution in [2.45, 2.75) is 25.7 Å². The molecule has 0 spiro atoms. The van der Waals surface area contributed by atoms with Crippen LogP contribution in [0.2, 0.25) is 0 Å². The van der Waals surface area contributed by atoms with Crippen LogP contribution in [0.5, 0.6) is 0 Å². The van der Waals surface area contributed by atoms with Gasteiger partial charge in [-0.1, -0.05) is 36.8 Å². The van der Waals surface area contributed by atoms with E-state index in [-0.39, 0.29) is 5.41 Å². The zero-order chi connectivity index (χ0) is 12.4. The second-order valence-corrected chi connectivity index (χ2v) is 5.86. The lowest BCUT2D eigenvalue weighted by atomic mass is 9.68. The normalized spacial score (nSPS) is 16.8. The van der Waals surface area contributed by atoms with Gasteiger partial charge in [-0.05, 0) is 12.8 Å². The number of benzene rings is 1. The molecule has 1 aromatic carbocycles. The number of rotatable bonds is 3. The Balaban J connectivity index is 1.80. The third-order valence-electron chi connectivity index (χ3n) is 3.66. The first-order valence-corrected chi connectivity index (χ1v) is 7.10. The van der Waals surface area contributed by atoms with Gasteiger partial charge in [0.2, 0.25) is 0 Å². The summed E-state index contributed by atoms with van der Waals surface area (Å²) in [6, 6.07) is 12.7. The smallest absolute Gasteiger partial charge is 0.0948 e. The molecular formula is C15H14N2S. The average Bonchev–Trinajstić information content (AvgIpc) is 2.83. The van der Waals surface area contributed by atoms with E-state index in [9.17, 15) is 5.26 Å². The zero-order valence-electron chi connectivity index (χ0n) is 10.1. The van der Waals surface area contributed by atoms with E-state index in [1.165, 1.54) is 6.42 Å². The largest absolute Gasteiger partial charge is 0.241 e. The number of thiazole rings is 1. The molecule has 90 valence electrons. The van der Waals surface area contributed by atoms with Crippen molar-refractivity contribution in [2.24, 2.45) is 5.41 Å². The van der Waals surface area contributed by atoms with Gasteiger partial charge in [0.05, 0.1) is 22.2 Å². The van der Waals surface area contributed by atoms with Gasteiger partial charge in [-0.15, -0.1) is 11.3 Å². The third-order valence-corrected chi connectivity index (χ3v) is 4.51. The van der Waals surface area contributed by atoms with Gasteiger partial charge < -0.3 is 0 Å². The summed E-state index contributed by atoms with van der Waals surface area (Å²) in [4.78, 5) is 4.66. The van der Waals surface area contributed by atoms with E-state index in [2.05, 4.69) is 28.6 Å². The Morgan fingerprint density at radius 3 is 2.67 bits per heavy atom. The number of hydrogen-bond acceptors (Lipinski definition) is 3. The SMILES string of the molecule is N#CC1(Cc2nc(-c3ccccc3)cs2)CCC1. The molecule has 1 aliphatic carbocycles. The molecule has 3 heteroatoms. The first-order valence-electron chi connectivity index (χ1n) is 6.22. The van der Waals surface area contributed by atoms with E-state index in [0.717, 1.165) is 35.5 Å². The number of hydrogen-bond donors (Lipinski definition) is 0. The van der Waals surface area contributed by atoms with Gasteiger partial charge in [-0.2, -0.15) is 5.26 Å². The van der Waals surface area contributed by atoms with Crippen molar-refractivity contribution in [1.82, 2.24) is 4.98 Å². The van der Waals surface area contributed by atoms with Gasteiger partial charge in [0, 0.05) is 17.4 Å². The molecule has 1 heterocycles. The number of nitrogens with zero attached hydrogens (tertiary/aromatic N) is 2.